The van der Waals surface area contributed by atoms with Crippen LogP contribution in [0.2, 0.25) is 0 Å². The molecule has 3 nitrogen and oxygen atoms in total. The zero-order chi connectivity index (χ0) is 7.56. The van der Waals surface area contributed by atoms with Gasteiger partial charge in [-0.05, 0) is 13.0 Å². The Hall–Kier alpha value is -0.990. The molecule has 1 aliphatic heterocycles. The third kappa shape index (κ3) is 1.29. The second-order valence-corrected chi connectivity index (χ2v) is 2.29. The van der Waals surface area contributed by atoms with Crippen molar-refractivity contribution in [1.82, 2.24) is 4.90 Å². The number of ether oxygens (including phenoxy) is 1. The maximum absolute atomic E-state index is 10.8. The molecule has 0 N–H and O–H groups in total. The number of hydrogen-bond acceptors (Lipinski definition) is 2. The number of hydrogen-bond donors (Lipinski definition) is 0. The Morgan fingerprint density at radius 3 is 2.90 bits per heavy atom. The molecule has 0 saturated carbocycles. The fraction of sp³-hybridized carbons (Fsp3) is 0.571. The molecule has 0 aliphatic carbocycles. The quantitative estimate of drug-likeness (QED) is 0.509. The Bertz CT molecular complexity index is 174. The van der Waals surface area contributed by atoms with Crippen LogP contribution in [0.25, 0.3) is 0 Å². The molecule has 10 heavy (non-hydrogen) atoms. The van der Waals surface area contributed by atoms with Crippen molar-refractivity contribution in [2.45, 2.75) is 13.3 Å². The van der Waals surface area contributed by atoms with Crippen molar-refractivity contribution < 1.29 is 9.53 Å². The molecule has 1 heterocycles. The Morgan fingerprint density at radius 2 is 2.40 bits per heavy atom. The van der Waals surface area contributed by atoms with Gasteiger partial charge in [-0.25, -0.2) is 4.79 Å². The fourth-order valence-electron chi connectivity index (χ4n) is 0.814. The van der Waals surface area contributed by atoms with E-state index in [9.17, 15) is 4.79 Å². The third-order valence-corrected chi connectivity index (χ3v) is 1.55. The molecule has 0 atom stereocenters. The molecule has 56 valence electrons. The van der Waals surface area contributed by atoms with Crippen LogP contribution >= 0.6 is 0 Å². The SMILES string of the molecule is C/C=C1/CCN(C)C(=O)O1. The highest BCUT2D eigenvalue weighted by Gasteiger charge is 2.18. The van der Waals surface area contributed by atoms with Gasteiger partial charge in [0.15, 0.2) is 0 Å². The number of cyclic esters (lactones) is 1. The molecular weight excluding hydrogens is 130 g/mol. The summed E-state index contributed by atoms with van der Waals surface area (Å²) in [5.41, 5.74) is 0. The van der Waals surface area contributed by atoms with E-state index in [1.807, 2.05) is 13.0 Å². The summed E-state index contributed by atoms with van der Waals surface area (Å²) in [7, 11) is 1.73. The first-order valence-electron chi connectivity index (χ1n) is 3.32. The first-order chi connectivity index (χ1) is 4.74. The van der Waals surface area contributed by atoms with Crippen molar-refractivity contribution in [3.8, 4) is 0 Å². The summed E-state index contributed by atoms with van der Waals surface area (Å²) in [6.45, 7) is 2.63. The minimum atomic E-state index is -0.251. The van der Waals surface area contributed by atoms with E-state index in [4.69, 9.17) is 4.74 Å². The van der Waals surface area contributed by atoms with Gasteiger partial charge >= 0.3 is 6.09 Å². The van der Waals surface area contributed by atoms with Crippen LogP contribution < -0.4 is 0 Å². The third-order valence-electron chi connectivity index (χ3n) is 1.55. The summed E-state index contributed by atoms with van der Waals surface area (Å²) >= 11 is 0. The Kier molecular flexibility index (Phi) is 1.94. The van der Waals surface area contributed by atoms with Crippen LogP contribution in [0.4, 0.5) is 4.79 Å². The maximum Gasteiger partial charge on any atom is 0.414 e. The lowest BCUT2D eigenvalue weighted by molar-refractivity contribution is 0.115. The summed E-state index contributed by atoms with van der Waals surface area (Å²) in [6, 6.07) is 0. The van der Waals surface area contributed by atoms with Crippen molar-refractivity contribution in [3.63, 3.8) is 0 Å². The van der Waals surface area contributed by atoms with Crippen LogP contribution in [-0.2, 0) is 4.74 Å². The zero-order valence-electron chi connectivity index (χ0n) is 6.26. The molecule has 1 amide bonds. The topological polar surface area (TPSA) is 29.5 Å². The maximum atomic E-state index is 10.8. The Morgan fingerprint density at radius 1 is 1.70 bits per heavy atom. The van der Waals surface area contributed by atoms with E-state index in [2.05, 4.69) is 0 Å². The van der Waals surface area contributed by atoms with E-state index >= 15 is 0 Å². The number of allylic oxidation sites excluding steroid dienone is 1. The average Bonchev–Trinajstić information content (AvgIpc) is 1.95. The van der Waals surface area contributed by atoms with Gasteiger partial charge in [-0.1, -0.05) is 0 Å². The van der Waals surface area contributed by atoms with Gasteiger partial charge in [0, 0.05) is 20.0 Å². The summed E-state index contributed by atoms with van der Waals surface area (Å²) < 4.78 is 4.90. The average molecular weight is 141 g/mol. The van der Waals surface area contributed by atoms with Crippen molar-refractivity contribution in [3.05, 3.63) is 11.8 Å². The summed E-state index contributed by atoms with van der Waals surface area (Å²) in [5, 5.41) is 0. The van der Waals surface area contributed by atoms with Crippen LogP contribution in [0.1, 0.15) is 13.3 Å². The summed E-state index contributed by atoms with van der Waals surface area (Å²) in [4.78, 5) is 12.4. The lowest BCUT2D eigenvalue weighted by atomic mass is 10.3. The minimum Gasteiger partial charge on any atom is -0.415 e. The van der Waals surface area contributed by atoms with Gasteiger partial charge in [0.1, 0.15) is 5.76 Å². The minimum absolute atomic E-state index is 0.251. The van der Waals surface area contributed by atoms with Crippen LogP contribution in [0.5, 0.6) is 0 Å². The molecule has 3 heteroatoms. The first kappa shape index (κ1) is 7.12. The predicted octanol–water partition coefficient (Wildman–Crippen LogP) is 1.36. The van der Waals surface area contributed by atoms with Crippen molar-refractivity contribution >= 4 is 6.09 Å². The number of rotatable bonds is 0. The molecule has 0 aromatic heterocycles. The molecule has 0 aromatic rings. The Labute approximate surface area is 60.3 Å². The zero-order valence-corrected chi connectivity index (χ0v) is 6.26. The van der Waals surface area contributed by atoms with Gasteiger partial charge in [0.2, 0.25) is 0 Å². The number of carbonyl (C=O) groups is 1. The lowest BCUT2D eigenvalue weighted by Crippen LogP contribution is -2.33. The smallest absolute Gasteiger partial charge is 0.414 e. The van der Waals surface area contributed by atoms with Gasteiger partial charge in [-0.15, -0.1) is 0 Å². The highest BCUT2D eigenvalue weighted by Crippen LogP contribution is 2.12. The second-order valence-electron chi connectivity index (χ2n) is 2.29. The molecular formula is C7H11NO2. The van der Waals surface area contributed by atoms with E-state index in [1.165, 1.54) is 0 Å². The van der Waals surface area contributed by atoms with Crippen molar-refractivity contribution in [2.75, 3.05) is 13.6 Å². The lowest BCUT2D eigenvalue weighted by Gasteiger charge is -2.23. The van der Waals surface area contributed by atoms with Gasteiger partial charge in [0.05, 0.1) is 0 Å². The van der Waals surface area contributed by atoms with Crippen LogP contribution in [-0.4, -0.2) is 24.6 Å². The van der Waals surface area contributed by atoms with E-state index in [1.54, 1.807) is 11.9 Å². The number of nitrogens with zero attached hydrogens (tertiary/aromatic N) is 1. The molecule has 0 bridgehead atoms. The van der Waals surface area contributed by atoms with Gasteiger partial charge in [-0.2, -0.15) is 0 Å². The predicted molar refractivity (Wildman–Crippen MR) is 37.5 cm³/mol. The fourth-order valence-corrected chi connectivity index (χ4v) is 0.814. The van der Waals surface area contributed by atoms with Crippen LogP contribution in [0, 0.1) is 0 Å². The van der Waals surface area contributed by atoms with Crippen LogP contribution in [0.15, 0.2) is 11.8 Å². The van der Waals surface area contributed by atoms with E-state index in [-0.39, 0.29) is 6.09 Å². The van der Waals surface area contributed by atoms with Crippen molar-refractivity contribution in [1.29, 1.82) is 0 Å². The number of carbonyl (C=O) groups excluding carboxylic acids is 1. The normalized spacial score (nSPS) is 23.2. The van der Waals surface area contributed by atoms with Crippen molar-refractivity contribution in [2.24, 2.45) is 0 Å². The highest BCUT2D eigenvalue weighted by atomic mass is 16.6. The van der Waals surface area contributed by atoms with Gasteiger partial charge < -0.3 is 9.64 Å². The summed E-state index contributed by atoms with van der Waals surface area (Å²) in [6.07, 6.45) is 2.41. The molecule has 1 saturated heterocycles. The first-order valence-corrected chi connectivity index (χ1v) is 3.32. The molecule has 1 aliphatic rings. The largest absolute Gasteiger partial charge is 0.415 e. The van der Waals surface area contributed by atoms with E-state index < -0.39 is 0 Å². The molecule has 1 rings (SSSR count). The second kappa shape index (κ2) is 2.73. The van der Waals surface area contributed by atoms with Gasteiger partial charge in [0.25, 0.3) is 0 Å². The van der Waals surface area contributed by atoms with E-state index in [0.717, 1.165) is 18.7 Å². The van der Waals surface area contributed by atoms with Crippen LogP contribution in [0.3, 0.4) is 0 Å². The van der Waals surface area contributed by atoms with Gasteiger partial charge in [-0.3, -0.25) is 0 Å². The molecule has 0 unspecified atom stereocenters. The molecule has 1 fully saturated rings. The summed E-state index contributed by atoms with van der Waals surface area (Å²) in [5.74, 6) is 0.781. The number of amides is 1. The van der Waals surface area contributed by atoms with E-state index in [0.29, 0.717) is 0 Å². The molecule has 0 spiro atoms. The Balaban J connectivity index is 2.57. The highest BCUT2D eigenvalue weighted by molar-refractivity contribution is 5.69. The molecule has 0 aromatic carbocycles. The monoisotopic (exact) mass is 141 g/mol. The molecule has 0 radical (unpaired) electrons. The standard InChI is InChI=1S/C7H11NO2/c1-3-6-4-5-8(2)7(9)10-6/h3H,4-5H2,1-2H3/b6-3-.